The minimum atomic E-state index is -4.88. The summed E-state index contributed by atoms with van der Waals surface area (Å²) in [5.74, 6) is -0.603. The second-order valence-electron chi connectivity index (χ2n) is 6.97. The first-order valence-electron chi connectivity index (χ1n) is 9.80. The summed E-state index contributed by atoms with van der Waals surface area (Å²) in [7, 11) is 0. The molecule has 4 rings (SSSR count). The molecule has 0 saturated carbocycles. The molecule has 174 valence electrons. The fourth-order valence-corrected chi connectivity index (χ4v) is 3.13. The molecule has 2 aromatic heterocycles. The van der Waals surface area contributed by atoms with Crippen LogP contribution in [0.1, 0.15) is 16.7 Å². The molecule has 0 unspecified atom stereocenters. The maximum Gasteiger partial charge on any atom is 0.423 e. The number of phenols is 1. The summed E-state index contributed by atoms with van der Waals surface area (Å²) in [6.45, 7) is -0.233. The Labute approximate surface area is 190 Å². The monoisotopic (exact) mass is 471 g/mol. The van der Waals surface area contributed by atoms with Crippen molar-refractivity contribution in [3.8, 4) is 34.5 Å². The number of phenolic OH excluding ortho intramolecular Hbond substituents is 1. The van der Waals surface area contributed by atoms with Crippen LogP contribution in [0.3, 0.4) is 0 Å². The fraction of sp³-hybridized carbons (Fsp3) is 0.136. The number of ether oxygens (including phenoxy) is 2. The fourth-order valence-electron chi connectivity index (χ4n) is 3.13. The number of hydrogen-bond donors (Lipinski definition) is 2. The van der Waals surface area contributed by atoms with Crippen LogP contribution in [-0.2, 0) is 24.0 Å². The summed E-state index contributed by atoms with van der Waals surface area (Å²) >= 11 is 0. The van der Waals surface area contributed by atoms with Crippen LogP contribution in [0.5, 0.6) is 23.1 Å². The van der Waals surface area contributed by atoms with Gasteiger partial charge in [0.05, 0.1) is 0 Å². The molecule has 0 aliphatic carbocycles. The van der Waals surface area contributed by atoms with Crippen molar-refractivity contribution in [1.29, 1.82) is 0 Å². The number of pyridine rings is 1. The molecule has 0 radical (unpaired) electrons. The van der Waals surface area contributed by atoms with Gasteiger partial charge in [-0.25, -0.2) is 4.98 Å². The van der Waals surface area contributed by atoms with Crippen molar-refractivity contribution >= 4 is 6.29 Å². The van der Waals surface area contributed by atoms with Gasteiger partial charge in [-0.15, -0.1) is 10.2 Å². The topological polar surface area (TPSA) is 123 Å². The highest BCUT2D eigenvalue weighted by Gasteiger charge is 2.38. The van der Waals surface area contributed by atoms with Crippen LogP contribution in [0.15, 0.2) is 54.7 Å². The van der Waals surface area contributed by atoms with E-state index in [4.69, 9.17) is 9.47 Å². The Morgan fingerprint density at radius 3 is 2.71 bits per heavy atom. The third-order valence-electron chi connectivity index (χ3n) is 4.66. The van der Waals surface area contributed by atoms with Crippen LogP contribution in [0.25, 0.3) is 11.4 Å². The first kappa shape index (κ1) is 22.7. The van der Waals surface area contributed by atoms with Gasteiger partial charge in [0, 0.05) is 29.8 Å². The molecule has 0 aliphatic rings. The molecule has 0 bridgehead atoms. The van der Waals surface area contributed by atoms with Crippen molar-refractivity contribution in [3.05, 3.63) is 71.4 Å². The molecule has 4 aromatic rings. The molecule has 0 atom stereocenters. The Morgan fingerprint density at radius 1 is 1.12 bits per heavy atom. The van der Waals surface area contributed by atoms with Crippen molar-refractivity contribution < 1.29 is 32.5 Å². The maximum absolute atomic E-state index is 13.5. The molecular weight excluding hydrogens is 455 g/mol. The smallest absolute Gasteiger partial charge is 0.423 e. The van der Waals surface area contributed by atoms with Gasteiger partial charge < -0.3 is 19.4 Å². The predicted octanol–water partition coefficient (Wildman–Crippen LogP) is 4.10. The van der Waals surface area contributed by atoms with Gasteiger partial charge in [0.2, 0.25) is 11.7 Å². The summed E-state index contributed by atoms with van der Waals surface area (Å²) in [5.41, 5.74) is -0.338. The third kappa shape index (κ3) is 5.11. The van der Waals surface area contributed by atoms with Crippen LogP contribution in [0, 0.1) is 0 Å². The van der Waals surface area contributed by atoms with E-state index in [9.17, 15) is 23.1 Å². The second kappa shape index (κ2) is 9.57. The van der Waals surface area contributed by atoms with Gasteiger partial charge in [0.15, 0.2) is 0 Å². The molecule has 2 aromatic carbocycles. The first-order valence-corrected chi connectivity index (χ1v) is 9.80. The Balaban J connectivity index is 1.51. The predicted molar refractivity (Wildman–Crippen MR) is 111 cm³/mol. The maximum atomic E-state index is 13.5. The van der Waals surface area contributed by atoms with E-state index in [0.29, 0.717) is 29.0 Å². The van der Waals surface area contributed by atoms with Crippen molar-refractivity contribution in [3.63, 3.8) is 0 Å². The lowest BCUT2D eigenvalue weighted by atomic mass is 10.0. The van der Waals surface area contributed by atoms with E-state index in [2.05, 4.69) is 25.6 Å². The number of aromatic nitrogens is 5. The van der Waals surface area contributed by atoms with Gasteiger partial charge in [-0.3, -0.25) is 0 Å². The number of aldehydes is 1. The van der Waals surface area contributed by atoms with Crippen LogP contribution < -0.4 is 9.47 Å². The van der Waals surface area contributed by atoms with E-state index < -0.39 is 23.2 Å². The van der Waals surface area contributed by atoms with Gasteiger partial charge >= 0.3 is 6.18 Å². The highest BCUT2D eigenvalue weighted by Crippen LogP contribution is 2.44. The zero-order valence-electron chi connectivity index (χ0n) is 17.3. The Hall–Kier alpha value is -4.48. The number of aromatic amines is 1. The SMILES string of the molecule is O=CCc1ccc(OCc2cccc(Oc3cc(-c4nn[nH]n4)ccn3)c2)c(C(F)(F)F)c1O. The van der Waals surface area contributed by atoms with E-state index in [1.54, 1.807) is 36.4 Å². The molecule has 0 aliphatic heterocycles. The number of aromatic hydroxyl groups is 1. The molecule has 0 fully saturated rings. The van der Waals surface area contributed by atoms with Gasteiger partial charge in [-0.05, 0) is 35.0 Å². The van der Waals surface area contributed by atoms with Crippen molar-refractivity contribution in [2.75, 3.05) is 0 Å². The minimum Gasteiger partial charge on any atom is -0.507 e. The van der Waals surface area contributed by atoms with Crippen molar-refractivity contribution in [2.45, 2.75) is 19.2 Å². The summed E-state index contributed by atoms with van der Waals surface area (Å²) in [6.07, 6.45) is -3.31. The molecule has 0 spiro atoms. The van der Waals surface area contributed by atoms with Crippen LogP contribution in [-0.4, -0.2) is 37.0 Å². The van der Waals surface area contributed by atoms with Crippen molar-refractivity contribution in [2.24, 2.45) is 0 Å². The van der Waals surface area contributed by atoms with Gasteiger partial charge in [0.1, 0.15) is 35.7 Å². The molecule has 2 heterocycles. The second-order valence-corrected chi connectivity index (χ2v) is 6.97. The Morgan fingerprint density at radius 2 is 1.97 bits per heavy atom. The molecule has 2 N–H and O–H groups in total. The average Bonchev–Trinajstić information content (AvgIpc) is 3.34. The number of nitrogens with one attached hydrogen (secondary N) is 1. The number of carbonyl (C=O) groups excluding carboxylic acids is 1. The van der Waals surface area contributed by atoms with Crippen molar-refractivity contribution in [1.82, 2.24) is 25.6 Å². The van der Waals surface area contributed by atoms with E-state index in [0.717, 1.165) is 6.07 Å². The zero-order valence-corrected chi connectivity index (χ0v) is 17.3. The number of benzene rings is 2. The standard InChI is InChI=1S/C22H16F3N5O4/c23-22(24,25)19-17(5-4-14(7-9-31)20(19)32)33-12-13-2-1-3-16(10-13)34-18-11-15(6-8-26-18)21-27-29-30-28-21/h1-6,8-11,32H,7,12H2,(H,27,28,29,30). The number of alkyl halides is 3. The Kier molecular flexibility index (Phi) is 6.39. The number of tetrazole rings is 1. The van der Waals surface area contributed by atoms with E-state index in [-0.39, 0.29) is 24.5 Å². The molecule has 12 heteroatoms. The quantitative estimate of drug-likeness (QED) is 0.368. The normalized spacial score (nSPS) is 11.3. The number of hydrogen-bond acceptors (Lipinski definition) is 8. The van der Waals surface area contributed by atoms with E-state index >= 15 is 0 Å². The molecule has 0 saturated heterocycles. The summed E-state index contributed by atoms with van der Waals surface area (Å²) in [6, 6.07) is 12.1. The number of halogens is 3. The number of H-pyrrole nitrogens is 1. The van der Waals surface area contributed by atoms with E-state index in [1.165, 1.54) is 12.3 Å². The first-order chi connectivity index (χ1) is 16.3. The van der Waals surface area contributed by atoms with Crippen LogP contribution >= 0.6 is 0 Å². The molecular formula is C22H16F3N5O4. The zero-order chi connectivity index (χ0) is 24.1. The van der Waals surface area contributed by atoms with Gasteiger partial charge in [-0.1, -0.05) is 18.2 Å². The summed E-state index contributed by atoms with van der Waals surface area (Å²) in [5, 5.41) is 23.7. The molecule has 0 amide bonds. The van der Waals surface area contributed by atoms with Crippen LogP contribution in [0.4, 0.5) is 13.2 Å². The minimum absolute atomic E-state index is 0.138. The molecule has 9 nitrogen and oxygen atoms in total. The number of rotatable bonds is 8. The van der Waals surface area contributed by atoms with Crippen LogP contribution in [0.2, 0.25) is 0 Å². The number of carbonyl (C=O) groups is 1. The highest BCUT2D eigenvalue weighted by atomic mass is 19.4. The van der Waals surface area contributed by atoms with Gasteiger partial charge in [0.25, 0.3) is 0 Å². The molecule has 34 heavy (non-hydrogen) atoms. The summed E-state index contributed by atoms with van der Waals surface area (Å²) < 4.78 is 51.7. The van der Waals surface area contributed by atoms with Gasteiger partial charge in [-0.2, -0.15) is 18.4 Å². The number of nitrogens with zero attached hydrogens (tertiary/aromatic N) is 4. The largest absolute Gasteiger partial charge is 0.507 e. The average molecular weight is 471 g/mol. The lowest BCUT2D eigenvalue weighted by Crippen LogP contribution is -2.10. The summed E-state index contributed by atoms with van der Waals surface area (Å²) in [4.78, 5) is 14.8. The third-order valence-corrected chi connectivity index (χ3v) is 4.66. The lowest BCUT2D eigenvalue weighted by Gasteiger charge is -2.17. The lowest BCUT2D eigenvalue weighted by molar-refractivity contribution is -0.140. The Bertz CT molecular complexity index is 1300. The highest BCUT2D eigenvalue weighted by molar-refractivity contribution is 5.61. The van der Waals surface area contributed by atoms with E-state index in [1.807, 2.05) is 0 Å².